The number of ketones is 1. The number of ether oxygens (including phenoxy) is 1. The minimum absolute atomic E-state index is 0.138. The first-order valence-electron chi connectivity index (χ1n) is 12.1. The topological polar surface area (TPSA) is 63.7 Å². The Kier molecular flexibility index (Phi) is 5.22. The Labute approximate surface area is 209 Å². The van der Waals surface area contributed by atoms with Gasteiger partial charge >= 0.3 is 0 Å². The molecule has 36 heavy (non-hydrogen) atoms. The van der Waals surface area contributed by atoms with Crippen LogP contribution in [0.2, 0.25) is 0 Å². The van der Waals surface area contributed by atoms with Crippen molar-refractivity contribution in [3.05, 3.63) is 113 Å². The molecule has 2 amide bonds. The lowest BCUT2D eigenvalue weighted by molar-refractivity contribution is -0.123. The first kappa shape index (κ1) is 22.2. The Morgan fingerprint density at radius 2 is 1.28 bits per heavy atom. The number of fused-ring (bicyclic) bond motifs is 5. The van der Waals surface area contributed by atoms with Crippen molar-refractivity contribution in [3.63, 3.8) is 0 Å². The lowest BCUT2D eigenvalue weighted by atomic mass is 9.85. The molecule has 2 aliphatic carbocycles. The molecule has 3 aliphatic rings. The van der Waals surface area contributed by atoms with E-state index >= 15 is 0 Å². The summed E-state index contributed by atoms with van der Waals surface area (Å²) < 4.78 is 5.47. The minimum Gasteiger partial charge on any atom is -0.495 e. The van der Waals surface area contributed by atoms with Gasteiger partial charge < -0.3 is 4.74 Å². The molecule has 1 saturated heterocycles. The van der Waals surface area contributed by atoms with Crippen LogP contribution in [0.5, 0.6) is 5.75 Å². The van der Waals surface area contributed by atoms with E-state index in [1.165, 1.54) is 18.9 Å². The van der Waals surface area contributed by atoms with E-state index in [0.29, 0.717) is 17.0 Å². The fourth-order valence-electron chi connectivity index (χ4n) is 6.13. The quantitative estimate of drug-likeness (QED) is 0.285. The summed E-state index contributed by atoms with van der Waals surface area (Å²) in [4.78, 5) is 41.0. The van der Waals surface area contributed by atoms with Gasteiger partial charge in [-0.3, -0.25) is 14.4 Å². The molecule has 3 aromatic rings. The van der Waals surface area contributed by atoms with Crippen molar-refractivity contribution >= 4 is 28.9 Å². The molecule has 1 saturated carbocycles. The number of nitrogens with zero attached hydrogens (tertiary/aromatic N) is 1. The molecule has 0 N–H and O–H groups in total. The molecule has 0 spiro atoms. The van der Waals surface area contributed by atoms with Gasteiger partial charge in [-0.05, 0) is 47.4 Å². The van der Waals surface area contributed by atoms with Gasteiger partial charge in [0.15, 0.2) is 5.78 Å². The Balaban J connectivity index is 1.48. The fraction of sp³-hybridized carbons (Fsp3) is 0.194. The molecule has 6 rings (SSSR count). The smallest absolute Gasteiger partial charge is 0.238 e. The van der Waals surface area contributed by atoms with Gasteiger partial charge in [0.25, 0.3) is 0 Å². The number of rotatable bonds is 5. The number of Topliss-reactive ketones (excluding diaryl/α,β-unsaturated/α-hetero) is 1. The second-order valence-corrected chi connectivity index (χ2v) is 9.51. The van der Waals surface area contributed by atoms with Crippen molar-refractivity contribution in [2.45, 2.75) is 6.92 Å². The number of amides is 2. The summed E-state index contributed by atoms with van der Waals surface area (Å²) >= 11 is 0. The number of carbonyl (C=O) groups excluding carboxylic acids is 3. The van der Waals surface area contributed by atoms with Crippen molar-refractivity contribution in [3.8, 4) is 5.75 Å². The van der Waals surface area contributed by atoms with Gasteiger partial charge in [0, 0.05) is 17.4 Å². The summed E-state index contributed by atoms with van der Waals surface area (Å²) in [5.74, 6) is -1.51. The van der Waals surface area contributed by atoms with E-state index in [2.05, 4.69) is 36.4 Å². The molecule has 2 fully saturated rings. The molecule has 5 heteroatoms. The standard InChI is InChI=1S/C31H25NO4/c1-18(33)21-13-16-25(36-2)24(17-21)32-30(34)28-22-14-15-23(29(28)31(32)35)27(22)26(19-9-5-3-6-10-19)20-11-7-4-8-12-20/h3-17,22-23,28-29H,1-2H3/t22-,23+,28-,29-/m0/s1. The molecule has 0 unspecified atom stereocenters. The highest BCUT2D eigenvalue weighted by molar-refractivity contribution is 6.24. The average molecular weight is 476 g/mol. The van der Waals surface area contributed by atoms with Crippen LogP contribution in [-0.4, -0.2) is 24.7 Å². The summed E-state index contributed by atoms with van der Waals surface area (Å²) in [5, 5.41) is 0. The van der Waals surface area contributed by atoms with E-state index in [4.69, 9.17) is 4.74 Å². The van der Waals surface area contributed by atoms with Crippen LogP contribution >= 0.6 is 0 Å². The lowest BCUT2D eigenvalue weighted by Gasteiger charge is -2.23. The number of hydrogen-bond donors (Lipinski definition) is 0. The van der Waals surface area contributed by atoms with Gasteiger partial charge in [0.05, 0.1) is 24.6 Å². The summed E-state index contributed by atoms with van der Waals surface area (Å²) in [5.41, 5.74) is 5.14. The number of anilines is 1. The van der Waals surface area contributed by atoms with Crippen LogP contribution in [0.15, 0.2) is 96.6 Å². The zero-order chi connectivity index (χ0) is 25.0. The molecule has 4 atom stereocenters. The molecule has 2 bridgehead atoms. The highest BCUT2D eigenvalue weighted by atomic mass is 16.5. The average Bonchev–Trinajstić information content (AvgIpc) is 3.54. The Morgan fingerprint density at radius 1 is 0.750 bits per heavy atom. The maximum atomic E-state index is 13.9. The SMILES string of the molecule is COc1ccc(C(C)=O)cc1N1C(=O)[C@@H]2[C@@H](C1=O)[C@H]1C=C[C@@H]2C1=C(c1ccccc1)c1ccccc1. The van der Waals surface area contributed by atoms with Crippen LogP contribution in [0, 0.1) is 23.7 Å². The third-order valence-electron chi connectivity index (χ3n) is 7.66. The Hall–Kier alpha value is -4.25. The van der Waals surface area contributed by atoms with E-state index < -0.39 is 11.8 Å². The van der Waals surface area contributed by atoms with Crippen molar-refractivity contribution < 1.29 is 19.1 Å². The minimum atomic E-state index is -0.476. The van der Waals surface area contributed by atoms with Gasteiger partial charge in [-0.1, -0.05) is 72.8 Å². The van der Waals surface area contributed by atoms with E-state index in [0.717, 1.165) is 22.3 Å². The predicted molar refractivity (Wildman–Crippen MR) is 137 cm³/mol. The van der Waals surface area contributed by atoms with Gasteiger partial charge in [-0.2, -0.15) is 0 Å². The zero-order valence-corrected chi connectivity index (χ0v) is 20.0. The third kappa shape index (κ3) is 3.19. The number of carbonyl (C=O) groups is 3. The molecular formula is C31H25NO4. The second kappa shape index (κ2) is 8.45. The number of hydrogen-bond acceptors (Lipinski definition) is 4. The third-order valence-corrected chi connectivity index (χ3v) is 7.66. The van der Waals surface area contributed by atoms with Crippen LogP contribution in [0.3, 0.4) is 0 Å². The summed E-state index contributed by atoms with van der Waals surface area (Å²) in [7, 11) is 1.50. The van der Waals surface area contributed by atoms with Gasteiger partial charge in [-0.25, -0.2) is 4.90 Å². The Bertz CT molecular complexity index is 1380. The number of allylic oxidation sites excluding steroid dienone is 3. The first-order valence-corrected chi connectivity index (χ1v) is 12.1. The fourth-order valence-corrected chi connectivity index (χ4v) is 6.13. The maximum absolute atomic E-state index is 13.9. The highest BCUT2D eigenvalue weighted by Gasteiger charge is 2.62. The van der Waals surface area contributed by atoms with Crippen LogP contribution in [0.25, 0.3) is 5.57 Å². The van der Waals surface area contributed by atoms with E-state index in [1.807, 2.05) is 36.4 Å². The Morgan fingerprint density at radius 3 is 1.75 bits per heavy atom. The number of methoxy groups -OCH3 is 1. The molecule has 178 valence electrons. The maximum Gasteiger partial charge on any atom is 0.238 e. The molecule has 1 heterocycles. The predicted octanol–water partition coefficient (Wildman–Crippen LogP) is 5.32. The van der Waals surface area contributed by atoms with Crippen LogP contribution in [0.4, 0.5) is 5.69 Å². The van der Waals surface area contributed by atoms with Gasteiger partial charge in [0.1, 0.15) is 5.75 Å². The first-order chi connectivity index (χ1) is 17.5. The largest absolute Gasteiger partial charge is 0.495 e. The molecule has 1 aliphatic heterocycles. The van der Waals surface area contributed by atoms with Crippen LogP contribution in [-0.2, 0) is 9.59 Å². The van der Waals surface area contributed by atoms with Crippen molar-refractivity contribution in [2.24, 2.45) is 23.7 Å². The van der Waals surface area contributed by atoms with Crippen molar-refractivity contribution in [1.82, 2.24) is 0 Å². The van der Waals surface area contributed by atoms with Gasteiger partial charge in [-0.15, -0.1) is 0 Å². The van der Waals surface area contributed by atoms with Crippen LogP contribution < -0.4 is 9.64 Å². The number of imide groups is 1. The van der Waals surface area contributed by atoms with E-state index in [1.54, 1.807) is 18.2 Å². The summed E-state index contributed by atoms with van der Waals surface area (Å²) in [6, 6.07) is 25.2. The molecule has 0 radical (unpaired) electrons. The van der Waals surface area contributed by atoms with Gasteiger partial charge in [0.2, 0.25) is 11.8 Å². The highest BCUT2D eigenvalue weighted by Crippen LogP contribution is 2.59. The van der Waals surface area contributed by atoms with Crippen molar-refractivity contribution in [2.75, 3.05) is 12.0 Å². The number of benzene rings is 3. The molecule has 5 nitrogen and oxygen atoms in total. The monoisotopic (exact) mass is 475 g/mol. The molecular weight excluding hydrogens is 450 g/mol. The normalized spacial score (nSPS) is 23.8. The van der Waals surface area contributed by atoms with Crippen LogP contribution in [0.1, 0.15) is 28.4 Å². The second-order valence-electron chi connectivity index (χ2n) is 9.51. The summed E-state index contributed by atoms with van der Waals surface area (Å²) in [6.07, 6.45) is 4.18. The molecule has 3 aromatic carbocycles. The van der Waals surface area contributed by atoms with E-state index in [-0.39, 0.29) is 29.4 Å². The van der Waals surface area contributed by atoms with E-state index in [9.17, 15) is 14.4 Å². The summed E-state index contributed by atoms with van der Waals surface area (Å²) in [6.45, 7) is 1.46. The zero-order valence-electron chi connectivity index (χ0n) is 20.0. The van der Waals surface area contributed by atoms with Crippen molar-refractivity contribution in [1.29, 1.82) is 0 Å². The molecule has 0 aromatic heterocycles. The lowest BCUT2D eigenvalue weighted by Crippen LogP contribution is -2.33.